The van der Waals surface area contributed by atoms with E-state index in [0.29, 0.717) is 12.4 Å². The zero-order valence-electron chi connectivity index (χ0n) is 14.3. The molecule has 0 saturated heterocycles. The monoisotopic (exact) mass is 371 g/mol. The fourth-order valence-corrected chi connectivity index (χ4v) is 3.18. The number of hydrogen-bond donors (Lipinski definition) is 2. The fourth-order valence-electron chi connectivity index (χ4n) is 1.83. The van der Waals surface area contributed by atoms with Crippen LogP contribution in [0.1, 0.15) is 11.5 Å². The second kappa shape index (κ2) is 10.3. The SMILES string of the molecule is C#CCNC(=CS(C)(=O)=O)NCCSCc1ccc(CN(C)C)o1. The predicted molar refractivity (Wildman–Crippen MR) is 100 cm³/mol. The largest absolute Gasteiger partial charge is 0.464 e. The first-order chi connectivity index (χ1) is 11.3. The molecule has 0 atom stereocenters. The van der Waals surface area contributed by atoms with Crippen LogP contribution in [0.2, 0.25) is 0 Å². The van der Waals surface area contributed by atoms with Crippen LogP contribution in [0.5, 0.6) is 0 Å². The Labute approximate surface area is 149 Å². The number of sulfone groups is 1. The first-order valence-corrected chi connectivity index (χ1v) is 10.5. The Bertz CT molecular complexity index is 673. The minimum absolute atomic E-state index is 0.266. The number of hydrogen-bond acceptors (Lipinski definition) is 7. The standard InChI is InChI=1S/C16H25N3O3S2/c1-5-8-17-16(13-24(4,20)21)18-9-10-23-12-15-7-6-14(22-15)11-19(2)3/h1,6-7,13,17-18H,8-12H2,2-4H3. The van der Waals surface area contributed by atoms with Crippen molar-refractivity contribution in [1.29, 1.82) is 0 Å². The Morgan fingerprint density at radius 3 is 2.71 bits per heavy atom. The molecule has 2 N–H and O–H groups in total. The molecule has 0 aliphatic carbocycles. The first kappa shape index (κ1) is 20.5. The van der Waals surface area contributed by atoms with Gasteiger partial charge in [-0.1, -0.05) is 5.92 Å². The summed E-state index contributed by atoms with van der Waals surface area (Å²) in [6, 6.07) is 3.98. The van der Waals surface area contributed by atoms with Crippen molar-refractivity contribution in [2.45, 2.75) is 12.3 Å². The van der Waals surface area contributed by atoms with Crippen molar-refractivity contribution in [1.82, 2.24) is 15.5 Å². The van der Waals surface area contributed by atoms with E-state index < -0.39 is 9.84 Å². The molecule has 0 fully saturated rings. The van der Waals surface area contributed by atoms with E-state index in [9.17, 15) is 8.42 Å². The van der Waals surface area contributed by atoms with E-state index in [1.54, 1.807) is 11.8 Å². The Kier molecular flexibility index (Phi) is 8.82. The topological polar surface area (TPSA) is 74.6 Å². The molecule has 1 heterocycles. The molecule has 24 heavy (non-hydrogen) atoms. The third-order valence-electron chi connectivity index (χ3n) is 2.71. The van der Waals surface area contributed by atoms with E-state index in [1.807, 2.05) is 26.2 Å². The van der Waals surface area contributed by atoms with Crippen LogP contribution in [0.15, 0.2) is 27.8 Å². The predicted octanol–water partition coefficient (Wildman–Crippen LogP) is 1.23. The van der Waals surface area contributed by atoms with Gasteiger partial charge in [0.05, 0.1) is 24.3 Å². The van der Waals surface area contributed by atoms with Crippen LogP contribution >= 0.6 is 11.8 Å². The summed E-state index contributed by atoms with van der Waals surface area (Å²) in [5.74, 6) is 6.31. The van der Waals surface area contributed by atoms with Crippen molar-refractivity contribution < 1.29 is 12.8 Å². The minimum Gasteiger partial charge on any atom is -0.464 e. The van der Waals surface area contributed by atoms with E-state index in [1.165, 1.54) is 0 Å². The Morgan fingerprint density at radius 1 is 1.38 bits per heavy atom. The molecule has 134 valence electrons. The molecule has 0 spiro atoms. The van der Waals surface area contributed by atoms with Crippen molar-refractivity contribution >= 4 is 21.6 Å². The van der Waals surface area contributed by atoms with E-state index in [0.717, 1.165) is 41.2 Å². The maximum absolute atomic E-state index is 11.3. The van der Waals surface area contributed by atoms with Crippen LogP contribution < -0.4 is 10.6 Å². The van der Waals surface area contributed by atoms with Crippen LogP contribution in [0.25, 0.3) is 0 Å². The van der Waals surface area contributed by atoms with E-state index in [2.05, 4.69) is 21.5 Å². The third kappa shape index (κ3) is 9.55. The number of furan rings is 1. The first-order valence-electron chi connectivity index (χ1n) is 7.43. The van der Waals surface area contributed by atoms with Gasteiger partial charge >= 0.3 is 0 Å². The molecule has 0 radical (unpaired) electrons. The number of thioether (sulfide) groups is 1. The van der Waals surface area contributed by atoms with Gasteiger partial charge in [0, 0.05) is 18.6 Å². The highest BCUT2D eigenvalue weighted by Gasteiger charge is 2.04. The van der Waals surface area contributed by atoms with Gasteiger partial charge < -0.3 is 20.0 Å². The normalized spacial score (nSPS) is 12.2. The lowest BCUT2D eigenvalue weighted by Crippen LogP contribution is -2.29. The van der Waals surface area contributed by atoms with Crippen LogP contribution in [-0.4, -0.2) is 52.5 Å². The van der Waals surface area contributed by atoms with Crippen molar-refractivity contribution in [2.24, 2.45) is 0 Å². The fraction of sp³-hybridized carbons (Fsp3) is 0.500. The third-order valence-corrected chi connectivity index (χ3v) is 4.35. The van der Waals surface area contributed by atoms with Crippen molar-refractivity contribution in [3.63, 3.8) is 0 Å². The Morgan fingerprint density at radius 2 is 2.08 bits per heavy atom. The van der Waals surface area contributed by atoms with Gasteiger partial charge in [-0.25, -0.2) is 8.42 Å². The van der Waals surface area contributed by atoms with Crippen molar-refractivity contribution in [3.8, 4) is 12.3 Å². The lowest BCUT2D eigenvalue weighted by Gasteiger charge is -2.11. The number of terminal acetylenes is 1. The highest BCUT2D eigenvalue weighted by molar-refractivity contribution is 7.98. The summed E-state index contributed by atoms with van der Waals surface area (Å²) in [7, 11) is 0.769. The molecule has 6 nitrogen and oxygen atoms in total. The van der Waals surface area contributed by atoms with Gasteiger partial charge in [-0.05, 0) is 26.2 Å². The van der Waals surface area contributed by atoms with Crippen LogP contribution in [0.4, 0.5) is 0 Å². The Balaban J connectivity index is 2.34. The molecule has 0 amide bonds. The number of nitrogens with one attached hydrogen (secondary N) is 2. The van der Waals surface area contributed by atoms with Gasteiger partial charge in [0.1, 0.15) is 17.3 Å². The lowest BCUT2D eigenvalue weighted by molar-refractivity contribution is 0.344. The Hall–Kier alpha value is -1.56. The zero-order chi connectivity index (χ0) is 18.0. The van der Waals surface area contributed by atoms with Gasteiger partial charge in [0.2, 0.25) is 0 Å². The second-order valence-electron chi connectivity index (χ2n) is 5.50. The number of nitrogens with zero attached hydrogens (tertiary/aromatic N) is 1. The molecule has 0 aliphatic rings. The summed E-state index contributed by atoms with van der Waals surface area (Å²) < 4.78 is 28.4. The molecule has 0 bridgehead atoms. The van der Waals surface area contributed by atoms with E-state index in [-0.39, 0.29) is 6.54 Å². The van der Waals surface area contributed by atoms with Gasteiger partial charge in [0.25, 0.3) is 0 Å². The maximum Gasteiger partial charge on any atom is 0.172 e. The van der Waals surface area contributed by atoms with Crippen molar-refractivity contribution in [3.05, 3.63) is 34.9 Å². The van der Waals surface area contributed by atoms with Gasteiger partial charge in [-0.2, -0.15) is 11.8 Å². The molecule has 1 aromatic heterocycles. The molecule has 1 rings (SSSR count). The summed E-state index contributed by atoms with van der Waals surface area (Å²) in [5, 5.41) is 7.05. The maximum atomic E-state index is 11.3. The average Bonchev–Trinajstić information content (AvgIpc) is 2.89. The smallest absolute Gasteiger partial charge is 0.172 e. The van der Waals surface area contributed by atoms with E-state index in [4.69, 9.17) is 10.8 Å². The molecule has 0 aromatic carbocycles. The minimum atomic E-state index is -3.23. The molecule has 0 saturated carbocycles. The molecule has 8 heteroatoms. The lowest BCUT2D eigenvalue weighted by atomic mass is 10.4. The van der Waals surface area contributed by atoms with Crippen LogP contribution in [0.3, 0.4) is 0 Å². The summed E-state index contributed by atoms with van der Waals surface area (Å²) in [5.41, 5.74) is 0. The number of rotatable bonds is 11. The van der Waals surface area contributed by atoms with E-state index >= 15 is 0 Å². The summed E-state index contributed by atoms with van der Waals surface area (Å²) in [4.78, 5) is 2.05. The molecule has 0 aliphatic heterocycles. The average molecular weight is 372 g/mol. The highest BCUT2D eigenvalue weighted by atomic mass is 32.2. The van der Waals surface area contributed by atoms with Gasteiger partial charge in [0.15, 0.2) is 9.84 Å². The summed E-state index contributed by atoms with van der Waals surface area (Å²) >= 11 is 1.71. The molecule has 1 aromatic rings. The van der Waals surface area contributed by atoms with Gasteiger partial charge in [-0.15, -0.1) is 6.42 Å². The summed E-state index contributed by atoms with van der Waals surface area (Å²) in [6.45, 7) is 1.67. The molecular formula is C16H25N3O3S2. The highest BCUT2D eigenvalue weighted by Crippen LogP contribution is 2.15. The summed E-state index contributed by atoms with van der Waals surface area (Å²) in [6.07, 6.45) is 6.32. The van der Waals surface area contributed by atoms with Crippen LogP contribution in [0, 0.1) is 12.3 Å². The van der Waals surface area contributed by atoms with Gasteiger partial charge in [-0.3, -0.25) is 0 Å². The molecule has 0 unspecified atom stereocenters. The zero-order valence-corrected chi connectivity index (χ0v) is 16.0. The molecular weight excluding hydrogens is 346 g/mol. The van der Waals surface area contributed by atoms with Crippen LogP contribution in [-0.2, 0) is 22.1 Å². The quantitative estimate of drug-likeness (QED) is 0.448. The van der Waals surface area contributed by atoms with Crippen molar-refractivity contribution in [2.75, 3.05) is 39.2 Å². The second-order valence-corrected chi connectivity index (χ2v) is 8.50.